The lowest BCUT2D eigenvalue weighted by Gasteiger charge is -2.11. The van der Waals surface area contributed by atoms with E-state index in [0.29, 0.717) is 13.2 Å². The Bertz CT molecular complexity index is 494. The van der Waals surface area contributed by atoms with Crippen molar-refractivity contribution >= 4 is 0 Å². The van der Waals surface area contributed by atoms with Gasteiger partial charge in [0.15, 0.2) is 11.5 Å². The molecule has 0 aliphatic rings. The van der Waals surface area contributed by atoms with E-state index in [1.807, 2.05) is 37.3 Å². The van der Waals surface area contributed by atoms with Crippen molar-refractivity contribution in [3.8, 4) is 11.5 Å². The van der Waals surface area contributed by atoms with Crippen LogP contribution in [-0.2, 0) is 13.1 Å². The monoisotopic (exact) mass is 261 g/mol. The molecule has 0 bridgehead atoms. The molecule has 2 rings (SSSR count). The zero-order valence-corrected chi connectivity index (χ0v) is 11.3. The Morgan fingerprint density at radius 2 is 2.05 bits per heavy atom. The van der Waals surface area contributed by atoms with Gasteiger partial charge in [-0.15, -0.1) is 0 Å². The summed E-state index contributed by atoms with van der Waals surface area (Å²) in [5, 5.41) is 3.32. The molecule has 0 aliphatic carbocycles. The molecule has 0 radical (unpaired) electrons. The maximum absolute atomic E-state index is 5.55. The Kier molecular flexibility index (Phi) is 4.86. The van der Waals surface area contributed by atoms with Gasteiger partial charge in [-0.25, -0.2) is 0 Å². The molecular weight excluding hydrogens is 242 g/mol. The number of rotatable bonds is 7. The minimum absolute atomic E-state index is 0.625. The molecule has 0 spiro atoms. The third kappa shape index (κ3) is 3.76. The van der Waals surface area contributed by atoms with Gasteiger partial charge in [-0.1, -0.05) is 6.07 Å². The zero-order valence-electron chi connectivity index (χ0n) is 11.3. The molecular formula is C15H19NO3. The second-order valence-corrected chi connectivity index (χ2v) is 4.10. The van der Waals surface area contributed by atoms with E-state index >= 15 is 0 Å². The average Bonchev–Trinajstić information content (AvgIpc) is 2.93. The van der Waals surface area contributed by atoms with E-state index in [1.54, 1.807) is 13.4 Å². The normalized spacial score (nSPS) is 10.4. The van der Waals surface area contributed by atoms with Gasteiger partial charge in [-0.3, -0.25) is 0 Å². The zero-order chi connectivity index (χ0) is 13.5. The number of ether oxygens (including phenoxy) is 2. The summed E-state index contributed by atoms with van der Waals surface area (Å²) in [6.45, 7) is 4.05. The first-order valence-electron chi connectivity index (χ1n) is 6.36. The molecule has 1 aromatic heterocycles. The molecule has 2 aromatic rings. The maximum Gasteiger partial charge on any atom is 0.161 e. The largest absolute Gasteiger partial charge is 0.493 e. The van der Waals surface area contributed by atoms with Crippen LogP contribution in [0.4, 0.5) is 0 Å². The number of hydrogen-bond acceptors (Lipinski definition) is 4. The molecule has 0 amide bonds. The van der Waals surface area contributed by atoms with Crippen molar-refractivity contribution < 1.29 is 13.9 Å². The Morgan fingerprint density at radius 3 is 2.74 bits per heavy atom. The summed E-state index contributed by atoms with van der Waals surface area (Å²) < 4.78 is 16.1. The van der Waals surface area contributed by atoms with E-state index in [2.05, 4.69) is 5.32 Å². The van der Waals surface area contributed by atoms with Gasteiger partial charge in [0.05, 0.1) is 26.5 Å². The molecule has 4 nitrogen and oxygen atoms in total. The van der Waals surface area contributed by atoms with Crippen LogP contribution in [0.5, 0.6) is 11.5 Å². The maximum atomic E-state index is 5.55. The van der Waals surface area contributed by atoms with Gasteiger partial charge in [0.1, 0.15) is 5.76 Å². The third-order valence-corrected chi connectivity index (χ3v) is 2.74. The van der Waals surface area contributed by atoms with Crippen LogP contribution in [0.15, 0.2) is 41.0 Å². The first kappa shape index (κ1) is 13.5. The van der Waals surface area contributed by atoms with E-state index in [4.69, 9.17) is 13.9 Å². The smallest absolute Gasteiger partial charge is 0.161 e. The van der Waals surface area contributed by atoms with Gasteiger partial charge in [0.25, 0.3) is 0 Å². The Balaban J connectivity index is 1.94. The van der Waals surface area contributed by atoms with Gasteiger partial charge >= 0.3 is 0 Å². The minimum atomic E-state index is 0.625. The number of nitrogens with one attached hydrogen (secondary N) is 1. The highest BCUT2D eigenvalue weighted by Crippen LogP contribution is 2.27. The molecule has 1 heterocycles. The van der Waals surface area contributed by atoms with Crippen molar-refractivity contribution in [3.05, 3.63) is 47.9 Å². The molecule has 4 heteroatoms. The predicted octanol–water partition coefficient (Wildman–Crippen LogP) is 2.98. The molecule has 1 aromatic carbocycles. The highest BCUT2D eigenvalue weighted by Gasteiger charge is 2.05. The summed E-state index contributed by atoms with van der Waals surface area (Å²) in [5.41, 5.74) is 1.15. The summed E-state index contributed by atoms with van der Waals surface area (Å²) in [5.74, 6) is 2.47. The molecule has 0 saturated carbocycles. The highest BCUT2D eigenvalue weighted by atomic mass is 16.5. The molecule has 0 fully saturated rings. The van der Waals surface area contributed by atoms with Crippen molar-refractivity contribution in [3.63, 3.8) is 0 Å². The van der Waals surface area contributed by atoms with Crippen molar-refractivity contribution in [2.24, 2.45) is 0 Å². The van der Waals surface area contributed by atoms with Crippen LogP contribution < -0.4 is 14.8 Å². The van der Waals surface area contributed by atoms with Crippen molar-refractivity contribution in [1.82, 2.24) is 5.32 Å². The molecule has 102 valence electrons. The van der Waals surface area contributed by atoms with Gasteiger partial charge < -0.3 is 19.2 Å². The summed E-state index contributed by atoms with van der Waals surface area (Å²) >= 11 is 0. The van der Waals surface area contributed by atoms with E-state index in [1.165, 1.54) is 0 Å². The second kappa shape index (κ2) is 6.85. The quantitative estimate of drug-likeness (QED) is 0.832. The topological polar surface area (TPSA) is 43.6 Å². The fourth-order valence-electron chi connectivity index (χ4n) is 1.84. The molecule has 0 unspecified atom stereocenters. The van der Waals surface area contributed by atoms with Gasteiger partial charge in [0, 0.05) is 6.54 Å². The highest BCUT2D eigenvalue weighted by molar-refractivity contribution is 5.42. The number of hydrogen-bond donors (Lipinski definition) is 1. The van der Waals surface area contributed by atoms with E-state index < -0.39 is 0 Å². The first-order valence-corrected chi connectivity index (χ1v) is 6.36. The molecule has 0 aliphatic heterocycles. The van der Waals surface area contributed by atoms with Crippen LogP contribution in [0.2, 0.25) is 0 Å². The number of methoxy groups -OCH3 is 1. The van der Waals surface area contributed by atoms with E-state index in [0.717, 1.165) is 29.4 Å². The molecule has 19 heavy (non-hydrogen) atoms. The standard InChI is InChI=1S/C15H19NO3/c1-3-18-15-9-12(6-7-14(15)17-2)10-16-11-13-5-4-8-19-13/h4-9,16H,3,10-11H2,1-2H3. The second-order valence-electron chi connectivity index (χ2n) is 4.10. The number of furan rings is 1. The lowest BCUT2D eigenvalue weighted by atomic mass is 10.2. The van der Waals surface area contributed by atoms with Crippen LogP contribution >= 0.6 is 0 Å². The molecule has 0 atom stereocenters. The van der Waals surface area contributed by atoms with Gasteiger partial charge in [-0.2, -0.15) is 0 Å². The lowest BCUT2D eigenvalue weighted by Crippen LogP contribution is -2.12. The van der Waals surface area contributed by atoms with E-state index in [-0.39, 0.29) is 0 Å². The van der Waals surface area contributed by atoms with Gasteiger partial charge in [-0.05, 0) is 36.8 Å². The van der Waals surface area contributed by atoms with Crippen molar-refractivity contribution in [2.75, 3.05) is 13.7 Å². The van der Waals surface area contributed by atoms with Gasteiger partial charge in [0.2, 0.25) is 0 Å². The lowest BCUT2D eigenvalue weighted by molar-refractivity contribution is 0.310. The predicted molar refractivity (Wildman–Crippen MR) is 73.4 cm³/mol. The number of benzene rings is 1. The SMILES string of the molecule is CCOc1cc(CNCc2ccco2)ccc1OC. The fourth-order valence-corrected chi connectivity index (χ4v) is 1.84. The van der Waals surface area contributed by atoms with Crippen LogP contribution in [0.25, 0.3) is 0 Å². The van der Waals surface area contributed by atoms with Crippen molar-refractivity contribution in [1.29, 1.82) is 0 Å². The summed E-state index contributed by atoms with van der Waals surface area (Å²) in [6.07, 6.45) is 1.68. The summed E-state index contributed by atoms with van der Waals surface area (Å²) in [7, 11) is 1.65. The van der Waals surface area contributed by atoms with Crippen LogP contribution in [0.1, 0.15) is 18.2 Å². The average molecular weight is 261 g/mol. The fraction of sp³-hybridized carbons (Fsp3) is 0.333. The summed E-state index contributed by atoms with van der Waals surface area (Å²) in [4.78, 5) is 0. The van der Waals surface area contributed by atoms with Crippen LogP contribution in [0, 0.1) is 0 Å². The molecule has 0 saturated heterocycles. The minimum Gasteiger partial charge on any atom is -0.493 e. The Labute approximate surface area is 113 Å². The third-order valence-electron chi connectivity index (χ3n) is 2.74. The van der Waals surface area contributed by atoms with Crippen LogP contribution in [-0.4, -0.2) is 13.7 Å². The van der Waals surface area contributed by atoms with E-state index in [9.17, 15) is 0 Å². The van der Waals surface area contributed by atoms with Crippen LogP contribution in [0.3, 0.4) is 0 Å². The van der Waals surface area contributed by atoms with Crippen molar-refractivity contribution in [2.45, 2.75) is 20.0 Å². The summed E-state index contributed by atoms with van der Waals surface area (Å²) in [6, 6.07) is 9.78. The first-order chi connectivity index (χ1) is 9.33. The Morgan fingerprint density at radius 1 is 1.16 bits per heavy atom. The Hall–Kier alpha value is -1.94. The molecule has 1 N–H and O–H groups in total.